The molecule has 0 saturated heterocycles. The largest absolute Gasteiger partial charge is 0.271 e. The molecule has 3 aromatic rings. The summed E-state index contributed by atoms with van der Waals surface area (Å²) in [4.78, 5) is 16.3. The summed E-state index contributed by atoms with van der Waals surface area (Å²) in [6.45, 7) is -0.496. The first kappa shape index (κ1) is 20.2. The number of hydrogen-bond donors (Lipinski definition) is 1. The number of nitrogens with zero attached hydrogens (tertiary/aromatic N) is 3. The van der Waals surface area contributed by atoms with Crippen LogP contribution < -0.4 is 9.73 Å². The molecule has 0 radical (unpaired) electrons. The van der Waals surface area contributed by atoms with Gasteiger partial charge in [-0.05, 0) is 42.0 Å². The van der Waals surface area contributed by atoms with E-state index in [1.165, 1.54) is 55.0 Å². The van der Waals surface area contributed by atoms with Crippen molar-refractivity contribution in [3.63, 3.8) is 0 Å². The molecule has 2 aromatic carbocycles. The fourth-order valence-electron chi connectivity index (χ4n) is 2.43. The van der Waals surface area contributed by atoms with Crippen LogP contribution in [0.2, 0.25) is 0 Å². The highest BCUT2D eigenvalue weighted by Gasteiger charge is 2.27. The minimum Gasteiger partial charge on any atom is -0.271 e. The predicted octanol–water partition coefficient (Wildman–Crippen LogP) is 2.57. The monoisotopic (exact) mass is 412 g/mol. The van der Waals surface area contributed by atoms with E-state index < -0.39 is 22.5 Å². The van der Waals surface area contributed by atoms with E-state index in [1.54, 1.807) is 30.3 Å². The molecule has 148 valence electrons. The number of carbonyl (C=O) groups is 1. The fraction of sp³-hybridized carbons (Fsp3) is 0.0500. The molecule has 0 aliphatic heterocycles. The average Bonchev–Trinajstić information content (AvgIpc) is 2.74. The number of anilines is 1. The van der Waals surface area contributed by atoms with Crippen LogP contribution in [0.5, 0.6) is 0 Å². The van der Waals surface area contributed by atoms with Crippen molar-refractivity contribution < 1.29 is 17.6 Å². The highest BCUT2D eigenvalue weighted by atomic mass is 32.2. The molecular formula is C20H17FN4O3S. The normalized spacial score (nSPS) is 11.3. The van der Waals surface area contributed by atoms with Gasteiger partial charge in [-0.15, -0.1) is 0 Å². The predicted molar refractivity (Wildman–Crippen MR) is 107 cm³/mol. The first-order chi connectivity index (χ1) is 14.0. The SMILES string of the molecule is O=C(CN(c1cccnc1)S(=O)(=O)c1ccccc1)N/N=C\c1ccc(F)cc1. The number of aromatic nitrogens is 1. The summed E-state index contributed by atoms with van der Waals surface area (Å²) in [5.74, 6) is -1.03. The van der Waals surface area contributed by atoms with Crippen LogP contribution in [0, 0.1) is 5.82 Å². The summed E-state index contributed by atoms with van der Waals surface area (Å²) in [7, 11) is -3.99. The van der Waals surface area contributed by atoms with Gasteiger partial charge in [0.25, 0.3) is 15.9 Å². The molecule has 1 heterocycles. The molecule has 7 nitrogen and oxygen atoms in total. The van der Waals surface area contributed by atoms with Crippen molar-refractivity contribution in [2.24, 2.45) is 5.10 Å². The lowest BCUT2D eigenvalue weighted by Gasteiger charge is -2.23. The molecule has 3 rings (SSSR count). The van der Waals surface area contributed by atoms with Crippen molar-refractivity contribution in [1.29, 1.82) is 0 Å². The van der Waals surface area contributed by atoms with Gasteiger partial charge < -0.3 is 0 Å². The zero-order valence-corrected chi connectivity index (χ0v) is 16.0. The first-order valence-corrected chi connectivity index (χ1v) is 9.96. The first-order valence-electron chi connectivity index (χ1n) is 8.52. The molecule has 1 N–H and O–H groups in total. The smallest absolute Gasteiger partial charge is 0.264 e. The van der Waals surface area contributed by atoms with Gasteiger partial charge >= 0.3 is 0 Å². The molecule has 0 atom stereocenters. The molecule has 0 spiro atoms. The minimum atomic E-state index is -3.99. The molecule has 1 amide bonds. The number of halogens is 1. The van der Waals surface area contributed by atoms with Crippen LogP contribution in [0.15, 0.2) is 89.1 Å². The number of hydrazone groups is 1. The number of pyridine rings is 1. The van der Waals surface area contributed by atoms with Crippen LogP contribution in [0.4, 0.5) is 10.1 Å². The molecule has 29 heavy (non-hydrogen) atoms. The number of rotatable bonds is 7. The molecule has 9 heteroatoms. The van der Waals surface area contributed by atoms with Gasteiger partial charge in [-0.2, -0.15) is 5.10 Å². The standard InChI is InChI=1S/C20H17FN4O3S/c21-17-10-8-16(9-11-17)13-23-24-20(26)15-25(18-5-4-12-22-14-18)29(27,28)19-6-2-1-3-7-19/h1-14H,15H2,(H,24,26)/b23-13-. The Morgan fingerprint density at radius 2 is 1.79 bits per heavy atom. The van der Waals surface area contributed by atoms with E-state index in [2.05, 4.69) is 15.5 Å². The Labute approximate surface area is 167 Å². The number of benzene rings is 2. The van der Waals surface area contributed by atoms with Gasteiger partial charge in [0.05, 0.1) is 23.0 Å². The van der Waals surface area contributed by atoms with Crippen LogP contribution in [-0.2, 0) is 14.8 Å². The van der Waals surface area contributed by atoms with Crippen molar-refractivity contribution in [3.05, 3.63) is 90.5 Å². The van der Waals surface area contributed by atoms with Crippen LogP contribution in [0.3, 0.4) is 0 Å². The van der Waals surface area contributed by atoms with E-state index in [9.17, 15) is 17.6 Å². The molecule has 0 unspecified atom stereocenters. The van der Waals surface area contributed by atoms with Crippen LogP contribution in [0.1, 0.15) is 5.56 Å². The van der Waals surface area contributed by atoms with E-state index in [4.69, 9.17) is 0 Å². The van der Waals surface area contributed by atoms with Crippen LogP contribution in [-0.4, -0.2) is 32.1 Å². The lowest BCUT2D eigenvalue weighted by molar-refractivity contribution is -0.119. The quantitative estimate of drug-likeness (QED) is 0.477. The third kappa shape index (κ3) is 5.23. The fourth-order valence-corrected chi connectivity index (χ4v) is 3.86. The average molecular weight is 412 g/mol. The van der Waals surface area contributed by atoms with Gasteiger partial charge in [0.15, 0.2) is 0 Å². The summed E-state index contributed by atoms with van der Waals surface area (Å²) in [6, 6.07) is 16.4. The van der Waals surface area contributed by atoms with E-state index in [0.29, 0.717) is 5.56 Å². The topological polar surface area (TPSA) is 91.7 Å². The maximum Gasteiger partial charge on any atom is 0.264 e. The van der Waals surface area contributed by atoms with Gasteiger partial charge in [-0.3, -0.25) is 14.1 Å². The van der Waals surface area contributed by atoms with Crippen molar-refractivity contribution in [3.8, 4) is 0 Å². The highest BCUT2D eigenvalue weighted by molar-refractivity contribution is 7.92. The lowest BCUT2D eigenvalue weighted by atomic mass is 10.2. The van der Waals surface area contributed by atoms with E-state index in [1.807, 2.05) is 0 Å². The van der Waals surface area contributed by atoms with E-state index in [-0.39, 0.29) is 16.4 Å². The molecule has 0 bridgehead atoms. The Kier molecular flexibility index (Phi) is 6.30. The molecule has 0 saturated carbocycles. The molecule has 0 fully saturated rings. The van der Waals surface area contributed by atoms with Gasteiger partial charge in [0.2, 0.25) is 0 Å². The molecule has 0 aliphatic carbocycles. The third-order valence-corrected chi connectivity index (χ3v) is 5.61. The number of hydrogen-bond acceptors (Lipinski definition) is 5. The summed E-state index contributed by atoms with van der Waals surface area (Å²) in [5.41, 5.74) is 3.10. The summed E-state index contributed by atoms with van der Waals surface area (Å²) in [5, 5.41) is 3.79. The Hall–Kier alpha value is -3.59. The maximum absolute atomic E-state index is 13.0. The Bertz CT molecular complexity index is 1090. The summed E-state index contributed by atoms with van der Waals surface area (Å²) < 4.78 is 39.9. The minimum absolute atomic E-state index is 0.0477. The Morgan fingerprint density at radius 3 is 2.45 bits per heavy atom. The van der Waals surface area contributed by atoms with E-state index >= 15 is 0 Å². The third-order valence-electron chi connectivity index (χ3n) is 3.83. The highest BCUT2D eigenvalue weighted by Crippen LogP contribution is 2.22. The Morgan fingerprint density at radius 1 is 1.07 bits per heavy atom. The van der Waals surface area contributed by atoms with Crippen molar-refractivity contribution in [2.75, 3.05) is 10.8 Å². The summed E-state index contributed by atoms with van der Waals surface area (Å²) in [6.07, 6.45) is 4.19. The summed E-state index contributed by atoms with van der Waals surface area (Å²) >= 11 is 0. The van der Waals surface area contributed by atoms with Gasteiger partial charge in [0.1, 0.15) is 12.4 Å². The second kappa shape index (κ2) is 9.07. The van der Waals surface area contributed by atoms with Crippen molar-refractivity contribution in [2.45, 2.75) is 4.90 Å². The second-order valence-corrected chi connectivity index (χ2v) is 7.74. The lowest BCUT2D eigenvalue weighted by Crippen LogP contribution is -2.39. The molecular weight excluding hydrogens is 395 g/mol. The number of nitrogens with one attached hydrogen (secondary N) is 1. The zero-order valence-electron chi connectivity index (χ0n) is 15.1. The number of amides is 1. The van der Waals surface area contributed by atoms with Gasteiger partial charge in [0, 0.05) is 6.20 Å². The second-order valence-electron chi connectivity index (χ2n) is 5.88. The Balaban J connectivity index is 1.78. The van der Waals surface area contributed by atoms with Gasteiger partial charge in [-0.1, -0.05) is 30.3 Å². The molecule has 1 aromatic heterocycles. The van der Waals surface area contributed by atoms with Crippen molar-refractivity contribution in [1.82, 2.24) is 10.4 Å². The maximum atomic E-state index is 13.0. The van der Waals surface area contributed by atoms with Crippen molar-refractivity contribution >= 4 is 27.8 Å². The molecule has 0 aliphatic rings. The van der Waals surface area contributed by atoms with Crippen LogP contribution in [0.25, 0.3) is 0 Å². The zero-order chi connectivity index (χ0) is 20.7. The van der Waals surface area contributed by atoms with E-state index in [0.717, 1.165) is 4.31 Å². The number of carbonyl (C=O) groups excluding carboxylic acids is 1. The van der Waals surface area contributed by atoms with Crippen LogP contribution >= 0.6 is 0 Å². The van der Waals surface area contributed by atoms with Gasteiger partial charge in [-0.25, -0.2) is 18.2 Å². The number of sulfonamides is 1.